The molecule has 0 spiro atoms. The van der Waals surface area contributed by atoms with Crippen LogP contribution in [0.1, 0.15) is 12.8 Å². The van der Waals surface area contributed by atoms with Gasteiger partial charge in [-0.2, -0.15) is 0 Å². The van der Waals surface area contributed by atoms with Gasteiger partial charge in [-0.05, 0) is 12.2 Å². The standard InChI is InChI=1S/C14H18O9/c15-7-2-6(3-8(16)11(7)18)14(22)23-10-4-5(13(20)21)1-9(17)12(10)19/h1-2,7-12,15-19H,3-4H2,(H,20,21)/t7?,8?,9-,10-,11?,12-/m1/s1. The second kappa shape index (κ2) is 6.77. The van der Waals surface area contributed by atoms with Gasteiger partial charge in [-0.1, -0.05) is 0 Å². The van der Waals surface area contributed by atoms with Gasteiger partial charge in [0.1, 0.15) is 30.5 Å². The molecule has 23 heavy (non-hydrogen) atoms. The van der Waals surface area contributed by atoms with Crippen LogP contribution in [0.5, 0.6) is 0 Å². The molecule has 0 aromatic carbocycles. The zero-order valence-electron chi connectivity index (χ0n) is 11.9. The topological polar surface area (TPSA) is 165 Å². The fourth-order valence-electron chi connectivity index (χ4n) is 2.51. The van der Waals surface area contributed by atoms with Crippen LogP contribution >= 0.6 is 0 Å². The van der Waals surface area contributed by atoms with Crippen LogP contribution in [0.3, 0.4) is 0 Å². The highest BCUT2D eigenvalue weighted by Crippen LogP contribution is 2.26. The van der Waals surface area contributed by atoms with Gasteiger partial charge in [0.15, 0.2) is 0 Å². The van der Waals surface area contributed by atoms with E-state index >= 15 is 0 Å². The summed E-state index contributed by atoms with van der Waals surface area (Å²) in [7, 11) is 0. The van der Waals surface area contributed by atoms with Crippen LogP contribution in [0.15, 0.2) is 23.3 Å². The average Bonchev–Trinajstić information content (AvgIpc) is 2.48. The maximum Gasteiger partial charge on any atom is 0.334 e. The number of carboxylic acids is 1. The van der Waals surface area contributed by atoms with Crippen LogP contribution in [0, 0.1) is 0 Å². The number of carboxylic acid groups (broad SMARTS) is 1. The Morgan fingerprint density at radius 1 is 0.913 bits per heavy atom. The Labute approximate surface area is 130 Å². The van der Waals surface area contributed by atoms with Gasteiger partial charge in [0.25, 0.3) is 0 Å². The molecule has 2 aliphatic carbocycles. The molecule has 0 bridgehead atoms. The monoisotopic (exact) mass is 330 g/mol. The summed E-state index contributed by atoms with van der Waals surface area (Å²) in [4.78, 5) is 23.0. The number of carbonyl (C=O) groups is 2. The molecule has 0 saturated heterocycles. The van der Waals surface area contributed by atoms with E-state index in [1.165, 1.54) is 0 Å². The summed E-state index contributed by atoms with van der Waals surface area (Å²) in [5.74, 6) is -2.28. The summed E-state index contributed by atoms with van der Waals surface area (Å²) in [6.07, 6.45) is -7.04. The lowest BCUT2D eigenvalue weighted by molar-refractivity contribution is -0.157. The van der Waals surface area contributed by atoms with Crippen molar-refractivity contribution < 1.29 is 45.0 Å². The molecule has 0 radical (unpaired) electrons. The molecule has 2 aliphatic rings. The highest BCUT2D eigenvalue weighted by molar-refractivity contribution is 5.90. The zero-order chi connectivity index (χ0) is 17.3. The van der Waals surface area contributed by atoms with Crippen molar-refractivity contribution in [2.75, 3.05) is 0 Å². The van der Waals surface area contributed by atoms with E-state index in [9.17, 15) is 35.1 Å². The number of aliphatic hydroxyl groups is 5. The summed E-state index contributed by atoms with van der Waals surface area (Å²) in [6, 6.07) is 0. The number of hydrogen-bond acceptors (Lipinski definition) is 8. The van der Waals surface area contributed by atoms with Gasteiger partial charge in [0.2, 0.25) is 0 Å². The summed E-state index contributed by atoms with van der Waals surface area (Å²) >= 11 is 0. The largest absolute Gasteiger partial charge is 0.478 e. The number of hydrogen-bond donors (Lipinski definition) is 6. The highest BCUT2D eigenvalue weighted by Gasteiger charge is 2.38. The Balaban J connectivity index is 2.09. The molecule has 0 fully saturated rings. The summed E-state index contributed by atoms with van der Waals surface area (Å²) in [5, 5.41) is 56.8. The first-order valence-electron chi connectivity index (χ1n) is 6.96. The van der Waals surface area contributed by atoms with E-state index in [-0.39, 0.29) is 24.0 Å². The van der Waals surface area contributed by atoms with E-state index in [1.54, 1.807) is 0 Å². The van der Waals surface area contributed by atoms with Crippen molar-refractivity contribution >= 4 is 11.9 Å². The molecule has 6 N–H and O–H groups in total. The smallest absolute Gasteiger partial charge is 0.334 e. The van der Waals surface area contributed by atoms with Crippen LogP contribution in [0.2, 0.25) is 0 Å². The number of carbonyl (C=O) groups excluding carboxylic acids is 1. The third kappa shape index (κ3) is 3.77. The maximum absolute atomic E-state index is 12.0. The molecule has 0 heterocycles. The van der Waals surface area contributed by atoms with Crippen LogP contribution in [-0.2, 0) is 14.3 Å². The molecular formula is C14H18O9. The Morgan fingerprint density at radius 2 is 1.48 bits per heavy atom. The zero-order valence-corrected chi connectivity index (χ0v) is 11.9. The van der Waals surface area contributed by atoms with Crippen LogP contribution in [0.4, 0.5) is 0 Å². The minimum Gasteiger partial charge on any atom is -0.478 e. The van der Waals surface area contributed by atoms with Gasteiger partial charge in [-0.15, -0.1) is 0 Å². The number of esters is 1. The lowest BCUT2D eigenvalue weighted by Crippen LogP contribution is -2.45. The van der Waals surface area contributed by atoms with E-state index in [1.807, 2.05) is 0 Å². The molecule has 6 atom stereocenters. The van der Waals surface area contributed by atoms with E-state index in [0.717, 1.165) is 12.2 Å². The number of aliphatic hydroxyl groups excluding tert-OH is 5. The minimum atomic E-state index is -1.49. The van der Waals surface area contributed by atoms with Gasteiger partial charge in [-0.3, -0.25) is 0 Å². The van der Waals surface area contributed by atoms with Gasteiger partial charge >= 0.3 is 11.9 Å². The normalized spacial score (nSPS) is 37.6. The van der Waals surface area contributed by atoms with Crippen molar-refractivity contribution in [3.05, 3.63) is 23.3 Å². The SMILES string of the molecule is O=C(O)C1=C[C@@H](O)[C@@H](O)[C@H](OC(=O)C2=CC(O)C(O)C(O)C2)C1. The molecule has 3 unspecified atom stereocenters. The van der Waals surface area contributed by atoms with Gasteiger partial charge < -0.3 is 35.4 Å². The molecule has 0 aromatic heterocycles. The fraction of sp³-hybridized carbons (Fsp3) is 0.571. The summed E-state index contributed by atoms with van der Waals surface area (Å²) in [6.45, 7) is 0. The first-order chi connectivity index (χ1) is 10.7. The molecule has 0 saturated carbocycles. The quantitative estimate of drug-likeness (QED) is 0.305. The number of aliphatic carboxylic acids is 1. The number of rotatable bonds is 3. The molecular weight excluding hydrogens is 312 g/mol. The molecule has 0 amide bonds. The second-order valence-electron chi connectivity index (χ2n) is 5.57. The van der Waals surface area contributed by atoms with Gasteiger partial charge in [-0.25, -0.2) is 9.59 Å². The van der Waals surface area contributed by atoms with Crippen molar-refractivity contribution in [1.82, 2.24) is 0 Å². The molecule has 0 aromatic rings. The van der Waals surface area contributed by atoms with Crippen molar-refractivity contribution in [3.8, 4) is 0 Å². The Bertz CT molecular complexity index is 552. The fourth-order valence-corrected chi connectivity index (χ4v) is 2.51. The van der Waals surface area contributed by atoms with Crippen LogP contribution < -0.4 is 0 Å². The lowest BCUT2D eigenvalue weighted by atomic mass is 9.91. The molecule has 0 aliphatic heterocycles. The van der Waals surface area contributed by atoms with Crippen molar-refractivity contribution in [2.24, 2.45) is 0 Å². The van der Waals surface area contributed by atoms with Gasteiger partial charge in [0, 0.05) is 24.0 Å². The predicted molar refractivity (Wildman–Crippen MR) is 72.9 cm³/mol. The second-order valence-corrected chi connectivity index (χ2v) is 5.57. The van der Waals surface area contributed by atoms with Gasteiger partial charge in [0.05, 0.1) is 6.10 Å². The highest BCUT2D eigenvalue weighted by atomic mass is 16.6. The first-order valence-corrected chi connectivity index (χ1v) is 6.96. The first kappa shape index (κ1) is 17.6. The van der Waals surface area contributed by atoms with E-state index in [0.29, 0.717) is 0 Å². The Hall–Kier alpha value is -1.78. The molecule has 2 rings (SSSR count). The minimum absolute atomic E-state index is 0.108. The molecule has 128 valence electrons. The van der Waals surface area contributed by atoms with Crippen molar-refractivity contribution in [3.63, 3.8) is 0 Å². The van der Waals surface area contributed by atoms with Crippen molar-refractivity contribution in [2.45, 2.75) is 49.5 Å². The Morgan fingerprint density at radius 3 is 2.04 bits per heavy atom. The predicted octanol–water partition coefficient (Wildman–Crippen LogP) is -2.55. The van der Waals surface area contributed by atoms with Crippen LogP contribution in [0.25, 0.3) is 0 Å². The Kier molecular flexibility index (Phi) is 5.17. The van der Waals surface area contributed by atoms with Crippen molar-refractivity contribution in [1.29, 1.82) is 0 Å². The van der Waals surface area contributed by atoms with E-state index in [2.05, 4.69) is 0 Å². The lowest BCUT2D eigenvalue weighted by Gasteiger charge is -2.31. The third-order valence-electron chi connectivity index (χ3n) is 3.86. The van der Waals surface area contributed by atoms with E-state index < -0.39 is 48.6 Å². The summed E-state index contributed by atoms with van der Waals surface area (Å²) in [5.41, 5.74) is -0.308. The maximum atomic E-state index is 12.0. The number of ether oxygens (including phenoxy) is 1. The molecule has 9 nitrogen and oxygen atoms in total. The average molecular weight is 330 g/mol. The van der Waals surface area contributed by atoms with Crippen LogP contribution in [-0.4, -0.2) is 79.2 Å². The summed E-state index contributed by atoms with van der Waals surface area (Å²) < 4.78 is 5.00. The van der Waals surface area contributed by atoms with E-state index in [4.69, 9.17) is 9.84 Å². The molecule has 9 heteroatoms. The third-order valence-corrected chi connectivity index (χ3v) is 3.86.